The quantitative estimate of drug-likeness (QED) is 0.580. The van der Waals surface area contributed by atoms with E-state index in [0.29, 0.717) is 25.3 Å². The van der Waals surface area contributed by atoms with Gasteiger partial charge in [-0.1, -0.05) is 25.7 Å². The zero-order valence-corrected chi connectivity index (χ0v) is 17.9. The Kier molecular flexibility index (Phi) is 4.78. The van der Waals surface area contributed by atoms with E-state index in [4.69, 9.17) is 4.74 Å². The number of aromatic carboxylic acids is 1. The molecule has 0 aromatic carbocycles. The minimum atomic E-state index is -1.21. The van der Waals surface area contributed by atoms with Gasteiger partial charge in [-0.3, -0.25) is 14.7 Å². The van der Waals surface area contributed by atoms with Gasteiger partial charge in [0, 0.05) is 44.8 Å². The van der Waals surface area contributed by atoms with Gasteiger partial charge >= 0.3 is 5.97 Å². The molecule has 0 saturated carbocycles. The first-order valence-electron chi connectivity index (χ1n) is 9.78. The monoisotopic (exact) mass is 411 g/mol. The molecule has 1 aliphatic heterocycles. The molecule has 2 aromatic rings. The Balaban J connectivity index is 1.61. The topological polar surface area (TPSA) is 92.6 Å². The predicted octanol–water partition coefficient (Wildman–Crippen LogP) is 2.87. The van der Waals surface area contributed by atoms with Gasteiger partial charge in [-0.15, -0.1) is 0 Å². The molecule has 3 heterocycles. The van der Waals surface area contributed by atoms with Crippen LogP contribution in [-0.2, 0) is 27.8 Å². The summed E-state index contributed by atoms with van der Waals surface area (Å²) in [5, 5.41) is 9.26. The second-order valence-electron chi connectivity index (χ2n) is 9.03. The summed E-state index contributed by atoms with van der Waals surface area (Å²) < 4.78 is 5.86. The first-order chi connectivity index (χ1) is 13.7. The van der Waals surface area contributed by atoms with Crippen molar-refractivity contribution >= 4 is 25.8 Å². The molecule has 1 N–H and O–H groups in total. The third kappa shape index (κ3) is 3.47. The van der Waals surface area contributed by atoms with Crippen LogP contribution in [0, 0.1) is 0 Å². The van der Waals surface area contributed by atoms with Gasteiger partial charge in [0.15, 0.2) is 0 Å². The van der Waals surface area contributed by atoms with Crippen molar-refractivity contribution in [2.75, 3.05) is 18.2 Å². The van der Waals surface area contributed by atoms with Gasteiger partial charge in [0.2, 0.25) is 5.91 Å². The summed E-state index contributed by atoms with van der Waals surface area (Å²) in [7, 11) is -1.21. The Morgan fingerprint density at radius 3 is 2.83 bits per heavy atom. The summed E-state index contributed by atoms with van der Waals surface area (Å²) >= 11 is 0. The molecule has 0 radical (unpaired) electrons. The number of hydrogen-bond donors (Lipinski definition) is 1. The van der Waals surface area contributed by atoms with Crippen molar-refractivity contribution in [2.45, 2.75) is 43.9 Å². The van der Waals surface area contributed by atoms with E-state index in [1.807, 2.05) is 12.1 Å². The zero-order valence-electron chi connectivity index (χ0n) is 16.9. The van der Waals surface area contributed by atoms with Crippen LogP contribution in [0.25, 0.3) is 0 Å². The van der Waals surface area contributed by atoms with E-state index >= 15 is 0 Å². The van der Waals surface area contributed by atoms with Crippen LogP contribution < -0.4 is 4.90 Å². The average molecular weight is 412 g/mol. The van der Waals surface area contributed by atoms with E-state index in [0.717, 1.165) is 22.9 Å². The van der Waals surface area contributed by atoms with Gasteiger partial charge in [0.25, 0.3) is 0 Å². The third-order valence-electron chi connectivity index (χ3n) is 5.70. The van der Waals surface area contributed by atoms with Crippen LogP contribution in [0.5, 0.6) is 0 Å². The minimum Gasteiger partial charge on any atom is -0.478 e. The normalized spacial score (nSPS) is 20.2. The van der Waals surface area contributed by atoms with Gasteiger partial charge in [-0.2, -0.15) is 0 Å². The maximum atomic E-state index is 13.5. The van der Waals surface area contributed by atoms with Gasteiger partial charge in [-0.05, 0) is 30.2 Å². The highest BCUT2D eigenvalue weighted by Crippen LogP contribution is 2.48. The molecule has 152 valence electrons. The highest BCUT2D eigenvalue weighted by molar-refractivity contribution is 6.76. The van der Waals surface area contributed by atoms with Crippen LogP contribution in [0.2, 0.25) is 25.7 Å². The van der Waals surface area contributed by atoms with Crippen molar-refractivity contribution in [3.8, 4) is 0 Å². The third-order valence-corrected chi connectivity index (χ3v) is 7.40. The molecule has 7 nitrogen and oxygen atoms in total. The second kappa shape index (κ2) is 7.03. The van der Waals surface area contributed by atoms with Crippen LogP contribution >= 0.6 is 0 Å². The Hall–Kier alpha value is -2.58. The second-order valence-corrected chi connectivity index (χ2v) is 14.6. The van der Waals surface area contributed by atoms with E-state index in [2.05, 4.69) is 29.6 Å². The SMILES string of the molecule is C[Si](C)(C)CCOCN1C(=O)C2(Cc3cc(C(=O)O)cnc3C2)c2cccnc21. The van der Waals surface area contributed by atoms with Crippen LogP contribution in [0.1, 0.15) is 27.2 Å². The fourth-order valence-corrected chi connectivity index (χ4v) is 4.85. The average Bonchev–Trinajstić information content (AvgIpc) is 3.15. The van der Waals surface area contributed by atoms with Crippen molar-refractivity contribution < 1.29 is 19.4 Å². The van der Waals surface area contributed by atoms with Crippen LogP contribution in [0.15, 0.2) is 30.6 Å². The molecule has 1 aliphatic carbocycles. The Morgan fingerprint density at radius 2 is 2.10 bits per heavy atom. The number of carbonyl (C=O) groups is 2. The van der Waals surface area contributed by atoms with Crippen molar-refractivity contribution in [1.29, 1.82) is 0 Å². The summed E-state index contributed by atoms with van der Waals surface area (Å²) in [5.41, 5.74) is 1.82. The van der Waals surface area contributed by atoms with Crippen molar-refractivity contribution in [2.24, 2.45) is 0 Å². The molecule has 1 atom stereocenters. The maximum Gasteiger partial charge on any atom is 0.337 e. The summed E-state index contributed by atoms with van der Waals surface area (Å²) in [6.07, 6.45) is 3.93. The van der Waals surface area contributed by atoms with E-state index in [9.17, 15) is 14.7 Å². The van der Waals surface area contributed by atoms with Gasteiger partial charge < -0.3 is 9.84 Å². The highest BCUT2D eigenvalue weighted by atomic mass is 28.3. The number of carboxylic acids is 1. The van der Waals surface area contributed by atoms with E-state index in [1.54, 1.807) is 17.2 Å². The summed E-state index contributed by atoms with van der Waals surface area (Å²) in [6, 6.07) is 6.44. The molecule has 0 fully saturated rings. The van der Waals surface area contributed by atoms with Crippen molar-refractivity contribution in [3.63, 3.8) is 0 Å². The number of anilines is 1. The Morgan fingerprint density at radius 1 is 1.31 bits per heavy atom. The number of nitrogens with zero attached hydrogens (tertiary/aromatic N) is 3. The first kappa shape index (κ1) is 19.7. The highest BCUT2D eigenvalue weighted by Gasteiger charge is 2.55. The standard InChI is InChI=1S/C21H25N3O4Si/c1-29(2,3)8-7-28-13-24-18-16(5-4-6-22-18)21(20(24)27)10-14-9-15(19(25)26)12-23-17(14)11-21/h4-6,9,12H,7-8,10-11,13H2,1-3H3,(H,25,26). The van der Waals surface area contributed by atoms with E-state index in [1.165, 1.54) is 6.20 Å². The minimum absolute atomic E-state index is 0.0471. The Bertz CT molecular complexity index is 988. The zero-order chi connectivity index (χ0) is 20.8. The van der Waals surface area contributed by atoms with Crippen LogP contribution in [-0.4, -0.2) is 48.4 Å². The lowest BCUT2D eigenvalue weighted by Gasteiger charge is -2.23. The molecule has 1 spiro atoms. The van der Waals surface area contributed by atoms with E-state index < -0.39 is 19.5 Å². The number of ether oxygens (including phenoxy) is 1. The molecule has 4 rings (SSSR count). The van der Waals surface area contributed by atoms with E-state index in [-0.39, 0.29) is 18.2 Å². The van der Waals surface area contributed by atoms with Crippen molar-refractivity contribution in [1.82, 2.24) is 9.97 Å². The van der Waals surface area contributed by atoms with Crippen molar-refractivity contribution in [3.05, 3.63) is 53.0 Å². The smallest absolute Gasteiger partial charge is 0.337 e. The molecule has 29 heavy (non-hydrogen) atoms. The maximum absolute atomic E-state index is 13.5. The number of amides is 1. The lowest BCUT2D eigenvalue weighted by atomic mass is 9.79. The van der Waals surface area contributed by atoms with Gasteiger partial charge in [-0.25, -0.2) is 9.78 Å². The number of fused-ring (bicyclic) bond motifs is 3. The first-order valence-corrected chi connectivity index (χ1v) is 13.5. The summed E-state index contributed by atoms with van der Waals surface area (Å²) in [6.45, 7) is 7.67. The molecule has 1 unspecified atom stereocenters. The molecule has 0 saturated heterocycles. The molecule has 0 bridgehead atoms. The molecule has 2 aliphatic rings. The lowest BCUT2D eigenvalue weighted by Crippen LogP contribution is -2.42. The molecule has 1 amide bonds. The lowest BCUT2D eigenvalue weighted by molar-refractivity contribution is -0.124. The summed E-state index contributed by atoms with van der Waals surface area (Å²) in [4.78, 5) is 35.3. The molecule has 2 aromatic heterocycles. The van der Waals surface area contributed by atoms with Crippen LogP contribution in [0.4, 0.5) is 5.82 Å². The molecular weight excluding hydrogens is 386 g/mol. The van der Waals surface area contributed by atoms with Gasteiger partial charge in [0.1, 0.15) is 12.5 Å². The number of carboxylic acid groups (broad SMARTS) is 1. The fraction of sp³-hybridized carbons (Fsp3) is 0.429. The number of hydrogen-bond acceptors (Lipinski definition) is 5. The number of rotatable bonds is 6. The molecule has 8 heteroatoms. The molecular formula is C21H25N3O4Si. The Labute approximate surface area is 170 Å². The largest absolute Gasteiger partial charge is 0.478 e. The van der Waals surface area contributed by atoms with Crippen LogP contribution in [0.3, 0.4) is 0 Å². The fourth-order valence-electron chi connectivity index (χ4n) is 4.09. The number of carbonyl (C=O) groups excluding carboxylic acids is 1. The number of aromatic nitrogens is 2. The predicted molar refractivity (Wildman–Crippen MR) is 111 cm³/mol. The van der Waals surface area contributed by atoms with Gasteiger partial charge in [0.05, 0.1) is 11.0 Å². The summed E-state index contributed by atoms with van der Waals surface area (Å²) in [5.74, 6) is -0.427. The number of pyridine rings is 2.